The van der Waals surface area contributed by atoms with Gasteiger partial charge in [0.15, 0.2) is 0 Å². The molecular weight excluding hydrogens is 378 g/mol. The summed E-state index contributed by atoms with van der Waals surface area (Å²) in [5.41, 5.74) is 2.50. The van der Waals surface area contributed by atoms with Crippen molar-refractivity contribution in [2.75, 3.05) is 19.5 Å². The molecule has 0 unspecified atom stereocenters. The highest BCUT2D eigenvalue weighted by molar-refractivity contribution is 6.07. The number of nitrogens with one attached hydrogen (secondary N) is 2. The Morgan fingerprint density at radius 3 is 2.50 bits per heavy atom. The molecule has 3 amide bonds. The SMILES string of the molecule is COc1ccccc1NC(=O)C1=C(C)N(C)C(=O)N[C@H]1c1ccc2ccccc2c1. The zero-order chi connectivity index (χ0) is 21.3. The molecule has 1 aliphatic rings. The zero-order valence-electron chi connectivity index (χ0n) is 17.1. The van der Waals surface area contributed by atoms with Crippen LogP contribution < -0.4 is 15.4 Å². The maximum Gasteiger partial charge on any atom is 0.322 e. The molecule has 4 rings (SSSR count). The molecular formula is C24H23N3O3. The van der Waals surface area contributed by atoms with Crippen molar-refractivity contribution in [1.82, 2.24) is 10.2 Å². The number of allylic oxidation sites excluding steroid dienone is 1. The molecule has 0 saturated heterocycles. The Morgan fingerprint density at radius 2 is 1.73 bits per heavy atom. The number of rotatable bonds is 4. The topological polar surface area (TPSA) is 70.7 Å². The van der Waals surface area contributed by atoms with E-state index < -0.39 is 6.04 Å². The Hall–Kier alpha value is -3.80. The largest absolute Gasteiger partial charge is 0.495 e. The van der Waals surface area contributed by atoms with Crippen molar-refractivity contribution in [3.05, 3.63) is 83.6 Å². The van der Waals surface area contributed by atoms with Crippen LogP contribution in [0.5, 0.6) is 5.75 Å². The molecule has 1 atom stereocenters. The van der Waals surface area contributed by atoms with Crippen molar-refractivity contribution < 1.29 is 14.3 Å². The summed E-state index contributed by atoms with van der Waals surface area (Å²) in [4.78, 5) is 27.3. The predicted octanol–water partition coefficient (Wildman–Crippen LogP) is 4.46. The lowest BCUT2D eigenvalue weighted by Crippen LogP contribution is -2.46. The van der Waals surface area contributed by atoms with Gasteiger partial charge in [-0.2, -0.15) is 0 Å². The lowest BCUT2D eigenvalue weighted by molar-refractivity contribution is -0.113. The monoisotopic (exact) mass is 401 g/mol. The molecule has 6 heteroatoms. The molecule has 0 aromatic heterocycles. The fraction of sp³-hybridized carbons (Fsp3) is 0.167. The molecule has 3 aromatic carbocycles. The van der Waals surface area contributed by atoms with Gasteiger partial charge in [-0.15, -0.1) is 0 Å². The van der Waals surface area contributed by atoms with Crippen molar-refractivity contribution in [3.8, 4) is 5.75 Å². The first-order valence-corrected chi connectivity index (χ1v) is 9.67. The fourth-order valence-electron chi connectivity index (χ4n) is 3.70. The second-order valence-electron chi connectivity index (χ2n) is 7.20. The summed E-state index contributed by atoms with van der Waals surface area (Å²) >= 11 is 0. The number of amides is 3. The summed E-state index contributed by atoms with van der Waals surface area (Å²) in [5.74, 6) is 0.279. The molecule has 0 radical (unpaired) electrons. The Balaban J connectivity index is 1.76. The first-order chi connectivity index (χ1) is 14.5. The summed E-state index contributed by atoms with van der Waals surface area (Å²) in [6, 6.07) is 20.4. The molecule has 6 nitrogen and oxygen atoms in total. The first kappa shape index (κ1) is 19.5. The van der Waals surface area contributed by atoms with E-state index in [1.165, 1.54) is 4.90 Å². The summed E-state index contributed by atoms with van der Waals surface area (Å²) in [7, 11) is 3.21. The fourth-order valence-corrected chi connectivity index (χ4v) is 3.70. The highest BCUT2D eigenvalue weighted by Gasteiger charge is 2.34. The second-order valence-corrected chi connectivity index (χ2v) is 7.20. The molecule has 0 spiro atoms. The summed E-state index contributed by atoms with van der Waals surface area (Å²) in [6.45, 7) is 1.78. The van der Waals surface area contributed by atoms with Gasteiger partial charge in [-0.3, -0.25) is 4.79 Å². The molecule has 2 N–H and O–H groups in total. The Kier molecular flexibility index (Phi) is 5.14. The lowest BCUT2D eigenvalue weighted by Gasteiger charge is -2.33. The van der Waals surface area contributed by atoms with E-state index in [9.17, 15) is 9.59 Å². The standard InChI is InChI=1S/C24H23N3O3/c1-15-21(23(28)25-19-10-6-7-11-20(19)30-3)22(26-24(29)27(15)2)18-13-12-16-8-4-5-9-17(16)14-18/h4-14,22H,1-3H3,(H,25,28)(H,26,29)/t22-/m0/s1. The van der Waals surface area contributed by atoms with Crippen LogP contribution in [-0.2, 0) is 4.79 Å². The van der Waals surface area contributed by atoms with Crippen LogP contribution in [0.3, 0.4) is 0 Å². The number of carbonyl (C=O) groups is 2. The minimum atomic E-state index is -0.562. The van der Waals surface area contributed by atoms with Gasteiger partial charge >= 0.3 is 6.03 Å². The number of fused-ring (bicyclic) bond motifs is 1. The van der Waals surface area contributed by atoms with Crippen molar-refractivity contribution in [2.45, 2.75) is 13.0 Å². The summed E-state index contributed by atoms with van der Waals surface area (Å²) in [5, 5.41) is 8.04. The number of nitrogens with zero attached hydrogens (tertiary/aromatic N) is 1. The van der Waals surface area contributed by atoms with Crippen LogP contribution in [0.4, 0.5) is 10.5 Å². The van der Waals surface area contributed by atoms with Crippen LogP contribution in [0.2, 0.25) is 0 Å². The van der Waals surface area contributed by atoms with Gasteiger partial charge in [-0.1, -0.05) is 48.5 Å². The van der Waals surface area contributed by atoms with E-state index in [-0.39, 0.29) is 11.9 Å². The minimum Gasteiger partial charge on any atom is -0.495 e. The smallest absolute Gasteiger partial charge is 0.322 e. The van der Waals surface area contributed by atoms with E-state index in [0.717, 1.165) is 16.3 Å². The Labute approximate surface area is 175 Å². The number of benzene rings is 3. The average Bonchev–Trinajstić information content (AvgIpc) is 2.77. The number of hydrogen-bond donors (Lipinski definition) is 2. The number of para-hydroxylation sites is 2. The third kappa shape index (κ3) is 3.48. The maximum absolute atomic E-state index is 13.3. The molecule has 1 heterocycles. The van der Waals surface area contributed by atoms with Gasteiger partial charge in [0.2, 0.25) is 0 Å². The highest BCUT2D eigenvalue weighted by Crippen LogP contribution is 2.33. The number of hydrogen-bond acceptors (Lipinski definition) is 3. The predicted molar refractivity (Wildman–Crippen MR) is 117 cm³/mol. The van der Waals surface area contributed by atoms with Crippen LogP contribution in [0, 0.1) is 0 Å². The quantitative estimate of drug-likeness (QED) is 0.678. The third-order valence-electron chi connectivity index (χ3n) is 5.46. The lowest BCUT2D eigenvalue weighted by atomic mass is 9.92. The van der Waals surface area contributed by atoms with E-state index in [0.29, 0.717) is 22.7 Å². The Bertz CT molecular complexity index is 1170. The zero-order valence-corrected chi connectivity index (χ0v) is 17.1. The molecule has 0 fully saturated rings. The molecule has 1 aliphatic heterocycles. The minimum absolute atomic E-state index is 0.250. The molecule has 0 saturated carbocycles. The number of ether oxygens (including phenoxy) is 1. The van der Waals surface area contributed by atoms with Crippen molar-refractivity contribution in [2.24, 2.45) is 0 Å². The van der Waals surface area contributed by atoms with Crippen LogP contribution in [0.1, 0.15) is 18.5 Å². The maximum atomic E-state index is 13.3. The molecule has 30 heavy (non-hydrogen) atoms. The third-order valence-corrected chi connectivity index (χ3v) is 5.46. The summed E-state index contributed by atoms with van der Waals surface area (Å²) in [6.07, 6.45) is 0. The van der Waals surface area contributed by atoms with Gasteiger partial charge in [0.25, 0.3) is 5.91 Å². The number of urea groups is 1. The first-order valence-electron chi connectivity index (χ1n) is 9.67. The number of carbonyl (C=O) groups excluding carboxylic acids is 2. The van der Waals surface area contributed by atoms with Crippen LogP contribution in [-0.4, -0.2) is 31.0 Å². The summed E-state index contributed by atoms with van der Waals surface area (Å²) < 4.78 is 5.35. The number of methoxy groups -OCH3 is 1. The van der Waals surface area contributed by atoms with Gasteiger partial charge in [-0.05, 0) is 41.5 Å². The van der Waals surface area contributed by atoms with Gasteiger partial charge in [0.05, 0.1) is 24.4 Å². The van der Waals surface area contributed by atoms with Crippen LogP contribution in [0.25, 0.3) is 10.8 Å². The molecule has 152 valence electrons. The van der Waals surface area contributed by atoms with Crippen molar-refractivity contribution in [3.63, 3.8) is 0 Å². The highest BCUT2D eigenvalue weighted by atomic mass is 16.5. The molecule has 3 aromatic rings. The van der Waals surface area contributed by atoms with Crippen LogP contribution >= 0.6 is 0 Å². The second kappa shape index (κ2) is 7.91. The van der Waals surface area contributed by atoms with Gasteiger partial charge in [0, 0.05) is 12.7 Å². The molecule has 0 aliphatic carbocycles. The van der Waals surface area contributed by atoms with E-state index in [4.69, 9.17) is 4.74 Å². The van der Waals surface area contributed by atoms with E-state index in [1.807, 2.05) is 54.6 Å². The molecule has 0 bridgehead atoms. The normalized spacial score (nSPS) is 16.4. The van der Waals surface area contributed by atoms with Crippen molar-refractivity contribution >= 4 is 28.4 Å². The van der Waals surface area contributed by atoms with Gasteiger partial charge in [0.1, 0.15) is 5.75 Å². The van der Waals surface area contributed by atoms with E-state index in [1.54, 1.807) is 33.2 Å². The van der Waals surface area contributed by atoms with Gasteiger partial charge < -0.3 is 20.3 Å². The number of anilines is 1. The van der Waals surface area contributed by atoms with E-state index >= 15 is 0 Å². The average molecular weight is 401 g/mol. The van der Waals surface area contributed by atoms with Crippen molar-refractivity contribution in [1.29, 1.82) is 0 Å². The van der Waals surface area contributed by atoms with E-state index in [2.05, 4.69) is 10.6 Å². The van der Waals surface area contributed by atoms with Gasteiger partial charge in [-0.25, -0.2) is 4.79 Å². The van der Waals surface area contributed by atoms with Crippen LogP contribution in [0.15, 0.2) is 78.0 Å². The Morgan fingerprint density at radius 1 is 1.03 bits per heavy atom.